The summed E-state index contributed by atoms with van der Waals surface area (Å²) < 4.78 is 0. The minimum atomic E-state index is -0.118. The summed E-state index contributed by atoms with van der Waals surface area (Å²) in [7, 11) is 0. The first-order valence-electron chi connectivity index (χ1n) is 6.85. The van der Waals surface area contributed by atoms with Gasteiger partial charge in [0, 0.05) is 24.4 Å². The number of nitrogens with zero attached hydrogens (tertiary/aromatic N) is 2. The lowest BCUT2D eigenvalue weighted by Crippen LogP contribution is -2.29. The van der Waals surface area contributed by atoms with Crippen LogP contribution in [0.15, 0.2) is 5.38 Å². The molecule has 1 aromatic rings. The summed E-state index contributed by atoms with van der Waals surface area (Å²) >= 11 is 1.48. The summed E-state index contributed by atoms with van der Waals surface area (Å²) in [5, 5.41) is 5.50. The topological polar surface area (TPSA) is 71.2 Å². The molecular formula is C13H22N4OS. The molecule has 1 amide bonds. The van der Waals surface area contributed by atoms with Gasteiger partial charge in [0.15, 0.2) is 5.13 Å². The van der Waals surface area contributed by atoms with E-state index in [9.17, 15) is 4.79 Å². The molecule has 0 radical (unpaired) electrons. The molecule has 6 heteroatoms. The molecule has 1 aliphatic heterocycles. The Hall–Kier alpha value is -0.980. The third-order valence-electron chi connectivity index (χ3n) is 3.14. The van der Waals surface area contributed by atoms with Crippen LogP contribution in [-0.4, -0.2) is 34.9 Å². The first kappa shape index (κ1) is 14.4. The van der Waals surface area contributed by atoms with Crippen molar-refractivity contribution in [3.63, 3.8) is 0 Å². The zero-order valence-electron chi connectivity index (χ0n) is 11.4. The fraction of sp³-hybridized carbons (Fsp3) is 0.692. The number of likely N-dealkylation sites (tertiary alicyclic amines) is 1. The van der Waals surface area contributed by atoms with Crippen LogP contribution in [0.25, 0.3) is 0 Å². The summed E-state index contributed by atoms with van der Waals surface area (Å²) in [6.45, 7) is 5.02. The number of hydrogen-bond acceptors (Lipinski definition) is 5. The largest absolute Gasteiger partial charge is 0.327 e. The summed E-state index contributed by atoms with van der Waals surface area (Å²) in [6.07, 6.45) is 4.23. The number of nitrogens with one attached hydrogen (secondary N) is 1. The molecule has 2 heterocycles. The maximum atomic E-state index is 11.6. The van der Waals surface area contributed by atoms with Gasteiger partial charge in [-0.25, -0.2) is 4.98 Å². The summed E-state index contributed by atoms with van der Waals surface area (Å²) in [5.41, 5.74) is 6.64. The molecule has 1 aliphatic rings. The van der Waals surface area contributed by atoms with Crippen molar-refractivity contribution in [3.05, 3.63) is 11.1 Å². The van der Waals surface area contributed by atoms with Gasteiger partial charge in [-0.2, -0.15) is 0 Å². The molecule has 19 heavy (non-hydrogen) atoms. The Morgan fingerprint density at radius 2 is 2.26 bits per heavy atom. The van der Waals surface area contributed by atoms with Crippen LogP contribution in [-0.2, 0) is 11.3 Å². The summed E-state index contributed by atoms with van der Waals surface area (Å²) in [6, 6.07) is -0.118. The van der Waals surface area contributed by atoms with E-state index in [1.165, 1.54) is 30.6 Å². The highest BCUT2D eigenvalue weighted by atomic mass is 32.1. The van der Waals surface area contributed by atoms with E-state index in [-0.39, 0.29) is 11.9 Å². The van der Waals surface area contributed by atoms with Crippen LogP contribution in [0.5, 0.6) is 0 Å². The van der Waals surface area contributed by atoms with Gasteiger partial charge >= 0.3 is 0 Å². The van der Waals surface area contributed by atoms with Crippen LogP contribution >= 0.6 is 11.3 Å². The zero-order chi connectivity index (χ0) is 13.7. The first-order chi connectivity index (χ1) is 9.13. The number of aromatic nitrogens is 1. The van der Waals surface area contributed by atoms with Gasteiger partial charge in [0.25, 0.3) is 0 Å². The van der Waals surface area contributed by atoms with Gasteiger partial charge in [-0.1, -0.05) is 6.42 Å². The van der Waals surface area contributed by atoms with Crippen molar-refractivity contribution < 1.29 is 4.79 Å². The van der Waals surface area contributed by atoms with Gasteiger partial charge < -0.3 is 11.1 Å². The Kier molecular flexibility index (Phi) is 5.30. The molecule has 106 valence electrons. The van der Waals surface area contributed by atoms with E-state index in [1.807, 2.05) is 12.3 Å². The predicted octanol–water partition coefficient (Wildman–Crippen LogP) is 1.80. The average molecular weight is 282 g/mol. The highest BCUT2D eigenvalue weighted by molar-refractivity contribution is 7.13. The van der Waals surface area contributed by atoms with E-state index in [4.69, 9.17) is 5.73 Å². The van der Waals surface area contributed by atoms with E-state index in [2.05, 4.69) is 15.2 Å². The molecule has 1 fully saturated rings. The van der Waals surface area contributed by atoms with Crippen molar-refractivity contribution >= 4 is 22.4 Å². The van der Waals surface area contributed by atoms with Gasteiger partial charge in [0.1, 0.15) is 0 Å². The maximum Gasteiger partial charge on any atom is 0.227 e. The highest BCUT2D eigenvalue weighted by Gasteiger charge is 2.13. The molecule has 0 bridgehead atoms. The normalized spacial score (nSPS) is 18.2. The predicted molar refractivity (Wildman–Crippen MR) is 78.1 cm³/mol. The molecule has 1 aromatic heterocycles. The number of amides is 1. The van der Waals surface area contributed by atoms with Crippen LogP contribution in [0.1, 0.15) is 38.3 Å². The zero-order valence-corrected chi connectivity index (χ0v) is 12.2. The van der Waals surface area contributed by atoms with Crippen molar-refractivity contribution in [2.45, 2.75) is 45.2 Å². The van der Waals surface area contributed by atoms with Crippen LogP contribution in [0.3, 0.4) is 0 Å². The number of anilines is 1. The molecule has 3 N–H and O–H groups in total. The van der Waals surface area contributed by atoms with Crippen LogP contribution in [0.4, 0.5) is 5.13 Å². The van der Waals surface area contributed by atoms with Crippen molar-refractivity contribution in [2.75, 3.05) is 18.4 Å². The molecule has 0 aromatic carbocycles. The van der Waals surface area contributed by atoms with E-state index in [1.54, 1.807) is 0 Å². The molecular weight excluding hydrogens is 260 g/mol. The number of rotatable bonds is 5. The van der Waals surface area contributed by atoms with E-state index in [0.29, 0.717) is 11.6 Å². The minimum absolute atomic E-state index is 0.0612. The number of thiazole rings is 1. The van der Waals surface area contributed by atoms with Crippen molar-refractivity contribution in [1.82, 2.24) is 9.88 Å². The van der Waals surface area contributed by atoms with E-state index >= 15 is 0 Å². The Morgan fingerprint density at radius 1 is 1.53 bits per heavy atom. The molecule has 1 saturated heterocycles. The van der Waals surface area contributed by atoms with Gasteiger partial charge in [0.05, 0.1) is 5.69 Å². The molecule has 1 atom stereocenters. The molecule has 0 spiro atoms. The summed E-state index contributed by atoms with van der Waals surface area (Å²) in [5.74, 6) is -0.0612. The maximum absolute atomic E-state index is 11.6. The second kappa shape index (κ2) is 6.98. The first-order valence-corrected chi connectivity index (χ1v) is 7.73. The second-order valence-corrected chi connectivity index (χ2v) is 6.07. The molecule has 5 nitrogen and oxygen atoms in total. The smallest absolute Gasteiger partial charge is 0.227 e. The molecule has 0 aliphatic carbocycles. The minimum Gasteiger partial charge on any atom is -0.327 e. The van der Waals surface area contributed by atoms with Gasteiger partial charge in [-0.3, -0.25) is 9.69 Å². The fourth-order valence-corrected chi connectivity index (χ4v) is 2.96. The summed E-state index contributed by atoms with van der Waals surface area (Å²) in [4.78, 5) is 18.5. The fourth-order valence-electron chi connectivity index (χ4n) is 2.25. The van der Waals surface area contributed by atoms with Crippen molar-refractivity contribution in [1.29, 1.82) is 0 Å². The van der Waals surface area contributed by atoms with E-state index < -0.39 is 0 Å². The second-order valence-electron chi connectivity index (χ2n) is 5.21. The van der Waals surface area contributed by atoms with Crippen LogP contribution < -0.4 is 11.1 Å². The Morgan fingerprint density at radius 3 is 2.95 bits per heavy atom. The lowest BCUT2D eigenvalue weighted by molar-refractivity contribution is -0.116. The number of piperidine rings is 1. The van der Waals surface area contributed by atoms with E-state index in [0.717, 1.165) is 25.3 Å². The van der Waals surface area contributed by atoms with Crippen LogP contribution in [0, 0.1) is 0 Å². The lowest BCUT2D eigenvalue weighted by atomic mass is 10.1. The van der Waals surface area contributed by atoms with Gasteiger partial charge in [-0.05, 0) is 32.9 Å². The Balaban J connectivity index is 1.82. The standard InChI is InChI=1S/C13H22N4OS/c1-10(14)7-12(18)16-13-15-11(9-19-13)8-17-5-3-2-4-6-17/h9-10H,2-8,14H2,1H3,(H,15,16,18). The monoisotopic (exact) mass is 282 g/mol. The molecule has 1 unspecified atom stereocenters. The van der Waals surface area contributed by atoms with Gasteiger partial charge in [-0.15, -0.1) is 11.3 Å². The Labute approximate surface area is 118 Å². The SMILES string of the molecule is CC(N)CC(=O)Nc1nc(CN2CCCCC2)cs1. The highest BCUT2D eigenvalue weighted by Crippen LogP contribution is 2.19. The van der Waals surface area contributed by atoms with Crippen LogP contribution in [0.2, 0.25) is 0 Å². The quantitative estimate of drug-likeness (QED) is 0.864. The Bertz CT molecular complexity index is 413. The third-order valence-corrected chi connectivity index (χ3v) is 3.95. The average Bonchev–Trinajstić information content (AvgIpc) is 2.76. The number of carbonyl (C=O) groups is 1. The number of nitrogens with two attached hydrogens (primary N) is 1. The van der Waals surface area contributed by atoms with Gasteiger partial charge in [0.2, 0.25) is 5.91 Å². The molecule has 0 saturated carbocycles. The lowest BCUT2D eigenvalue weighted by Gasteiger charge is -2.25. The van der Waals surface area contributed by atoms with Crippen molar-refractivity contribution in [2.24, 2.45) is 5.73 Å². The molecule has 2 rings (SSSR count). The van der Waals surface area contributed by atoms with Crippen molar-refractivity contribution in [3.8, 4) is 0 Å². The number of carbonyl (C=O) groups excluding carboxylic acids is 1. The number of hydrogen-bond donors (Lipinski definition) is 2. The third kappa shape index (κ3) is 4.89.